The molecule has 4 nitrogen and oxygen atoms in total. The zero-order chi connectivity index (χ0) is 14.7. The van der Waals surface area contributed by atoms with Crippen LogP contribution in [0.15, 0.2) is 30.5 Å². The Morgan fingerprint density at radius 2 is 2.10 bits per heavy atom. The van der Waals surface area contributed by atoms with Gasteiger partial charge in [-0.15, -0.1) is 0 Å². The third kappa shape index (κ3) is 2.90. The minimum atomic E-state index is -0.0457. The molecule has 2 rings (SSSR count). The third-order valence-electron chi connectivity index (χ3n) is 3.40. The number of carbonyl (C=O) groups is 1. The van der Waals surface area contributed by atoms with Gasteiger partial charge in [0.1, 0.15) is 0 Å². The van der Waals surface area contributed by atoms with Gasteiger partial charge >= 0.3 is 0 Å². The van der Waals surface area contributed by atoms with E-state index in [0.717, 1.165) is 22.6 Å². The highest BCUT2D eigenvalue weighted by Crippen LogP contribution is 2.20. The van der Waals surface area contributed by atoms with E-state index in [-0.39, 0.29) is 5.91 Å². The molecule has 106 valence electrons. The van der Waals surface area contributed by atoms with Gasteiger partial charge in [-0.2, -0.15) is 0 Å². The van der Waals surface area contributed by atoms with Gasteiger partial charge in [0.05, 0.1) is 17.8 Å². The number of rotatable bonds is 4. The number of aromatic nitrogens is 2. The molecule has 0 fully saturated rings. The summed E-state index contributed by atoms with van der Waals surface area (Å²) in [6.07, 6.45) is 1.73. The van der Waals surface area contributed by atoms with Gasteiger partial charge in [-0.25, -0.2) is 0 Å². The maximum Gasteiger partial charge on any atom is 0.253 e. The number of amides is 1. The van der Waals surface area contributed by atoms with Crippen LogP contribution in [0.4, 0.5) is 0 Å². The summed E-state index contributed by atoms with van der Waals surface area (Å²) in [5, 5.41) is 2.92. The Bertz CT molecular complexity index is 600. The minimum absolute atomic E-state index is 0.0457. The van der Waals surface area contributed by atoms with Gasteiger partial charge in [-0.1, -0.05) is 6.07 Å². The number of pyridine rings is 1. The van der Waals surface area contributed by atoms with Crippen LogP contribution in [0.2, 0.25) is 0 Å². The zero-order valence-corrected chi connectivity index (χ0v) is 12.5. The molecular formula is C16H21N3O. The average molecular weight is 271 g/mol. The van der Waals surface area contributed by atoms with E-state index in [1.54, 1.807) is 6.20 Å². The van der Waals surface area contributed by atoms with Crippen LogP contribution in [0.3, 0.4) is 0 Å². The van der Waals surface area contributed by atoms with Gasteiger partial charge in [-0.05, 0) is 45.9 Å². The van der Waals surface area contributed by atoms with Crippen LogP contribution in [0.1, 0.15) is 47.3 Å². The van der Waals surface area contributed by atoms with Crippen LogP contribution in [0.25, 0.3) is 0 Å². The smallest absolute Gasteiger partial charge is 0.253 e. The second kappa shape index (κ2) is 5.90. The summed E-state index contributed by atoms with van der Waals surface area (Å²) in [7, 11) is 0. The van der Waals surface area contributed by atoms with Crippen LogP contribution in [0.5, 0.6) is 0 Å². The van der Waals surface area contributed by atoms with Crippen LogP contribution < -0.4 is 5.32 Å². The van der Waals surface area contributed by atoms with E-state index in [2.05, 4.69) is 28.7 Å². The highest BCUT2D eigenvalue weighted by molar-refractivity contribution is 5.95. The van der Waals surface area contributed by atoms with Gasteiger partial charge in [0.25, 0.3) is 5.91 Å². The highest BCUT2D eigenvalue weighted by Gasteiger charge is 2.16. The standard InChI is InChI=1S/C16H21N3O/c1-11(2)19-12(3)9-15(13(19)4)16(20)18-10-14-7-5-6-8-17-14/h5-9,11H,10H2,1-4H3,(H,18,20). The van der Waals surface area contributed by atoms with E-state index < -0.39 is 0 Å². The zero-order valence-electron chi connectivity index (χ0n) is 12.5. The predicted molar refractivity (Wildman–Crippen MR) is 79.7 cm³/mol. The van der Waals surface area contributed by atoms with E-state index in [4.69, 9.17) is 0 Å². The van der Waals surface area contributed by atoms with E-state index in [1.807, 2.05) is 38.1 Å². The molecular weight excluding hydrogens is 250 g/mol. The lowest BCUT2D eigenvalue weighted by Crippen LogP contribution is -2.23. The number of aryl methyl sites for hydroxylation is 1. The van der Waals surface area contributed by atoms with Gasteiger partial charge in [0.15, 0.2) is 0 Å². The number of hydrogen-bond acceptors (Lipinski definition) is 2. The number of carbonyl (C=O) groups excluding carboxylic acids is 1. The fraction of sp³-hybridized carbons (Fsp3) is 0.375. The molecule has 0 aromatic carbocycles. The summed E-state index contributed by atoms with van der Waals surface area (Å²) < 4.78 is 2.18. The molecule has 0 radical (unpaired) electrons. The van der Waals surface area contributed by atoms with E-state index >= 15 is 0 Å². The number of hydrogen-bond donors (Lipinski definition) is 1. The molecule has 0 bridgehead atoms. The molecule has 0 saturated carbocycles. The maximum absolute atomic E-state index is 12.3. The molecule has 0 spiro atoms. The molecule has 0 atom stereocenters. The first-order valence-electron chi connectivity index (χ1n) is 6.87. The monoisotopic (exact) mass is 271 g/mol. The molecule has 0 unspecified atom stereocenters. The average Bonchev–Trinajstić information content (AvgIpc) is 2.72. The van der Waals surface area contributed by atoms with Crippen molar-refractivity contribution in [3.63, 3.8) is 0 Å². The van der Waals surface area contributed by atoms with Crippen molar-refractivity contribution in [3.8, 4) is 0 Å². The first-order valence-corrected chi connectivity index (χ1v) is 6.87. The molecule has 0 aliphatic heterocycles. The molecule has 0 aliphatic carbocycles. The van der Waals surface area contributed by atoms with Crippen molar-refractivity contribution in [2.45, 2.75) is 40.3 Å². The van der Waals surface area contributed by atoms with Gasteiger partial charge in [-0.3, -0.25) is 9.78 Å². The van der Waals surface area contributed by atoms with Gasteiger partial charge in [0, 0.05) is 23.6 Å². The quantitative estimate of drug-likeness (QED) is 0.929. The Hall–Kier alpha value is -2.10. The van der Waals surface area contributed by atoms with Gasteiger partial charge < -0.3 is 9.88 Å². The third-order valence-corrected chi connectivity index (χ3v) is 3.40. The van der Waals surface area contributed by atoms with Crippen molar-refractivity contribution < 1.29 is 4.79 Å². The fourth-order valence-corrected chi connectivity index (χ4v) is 2.57. The first kappa shape index (κ1) is 14.3. The van der Waals surface area contributed by atoms with E-state index in [9.17, 15) is 4.79 Å². The van der Waals surface area contributed by atoms with Crippen molar-refractivity contribution >= 4 is 5.91 Å². The fourth-order valence-electron chi connectivity index (χ4n) is 2.57. The SMILES string of the molecule is Cc1cc(C(=O)NCc2ccccn2)c(C)n1C(C)C. The molecule has 0 aliphatic rings. The molecule has 0 saturated heterocycles. The van der Waals surface area contributed by atoms with E-state index in [0.29, 0.717) is 12.6 Å². The molecule has 20 heavy (non-hydrogen) atoms. The topological polar surface area (TPSA) is 46.9 Å². The Morgan fingerprint density at radius 3 is 2.65 bits per heavy atom. The Balaban J connectivity index is 2.12. The van der Waals surface area contributed by atoms with Crippen LogP contribution in [-0.4, -0.2) is 15.5 Å². The van der Waals surface area contributed by atoms with Crippen molar-refractivity contribution in [2.75, 3.05) is 0 Å². The first-order chi connectivity index (χ1) is 9.50. The van der Waals surface area contributed by atoms with Crippen molar-refractivity contribution in [2.24, 2.45) is 0 Å². The molecule has 2 aromatic rings. The lowest BCUT2D eigenvalue weighted by molar-refractivity contribution is 0.0949. The summed E-state index contributed by atoms with van der Waals surface area (Å²) in [5.41, 5.74) is 3.72. The van der Waals surface area contributed by atoms with Gasteiger partial charge in [0.2, 0.25) is 0 Å². The lowest BCUT2D eigenvalue weighted by Gasteiger charge is -2.13. The maximum atomic E-state index is 12.3. The number of nitrogens with one attached hydrogen (secondary N) is 1. The summed E-state index contributed by atoms with van der Waals surface area (Å²) in [6, 6.07) is 7.98. The summed E-state index contributed by atoms with van der Waals surface area (Å²) in [6.45, 7) is 8.71. The molecule has 4 heteroatoms. The summed E-state index contributed by atoms with van der Waals surface area (Å²) >= 11 is 0. The molecule has 2 heterocycles. The number of nitrogens with zero attached hydrogens (tertiary/aromatic N) is 2. The Labute approximate surface area is 119 Å². The molecule has 1 N–H and O–H groups in total. The van der Waals surface area contributed by atoms with Crippen molar-refractivity contribution in [1.29, 1.82) is 0 Å². The highest BCUT2D eigenvalue weighted by atomic mass is 16.1. The Morgan fingerprint density at radius 1 is 1.35 bits per heavy atom. The Kier molecular flexibility index (Phi) is 4.23. The predicted octanol–water partition coefficient (Wildman–Crippen LogP) is 3.01. The normalized spacial score (nSPS) is 10.8. The van der Waals surface area contributed by atoms with Crippen molar-refractivity contribution in [3.05, 3.63) is 53.1 Å². The van der Waals surface area contributed by atoms with Crippen molar-refractivity contribution in [1.82, 2.24) is 14.9 Å². The lowest BCUT2D eigenvalue weighted by atomic mass is 10.2. The molecule has 1 amide bonds. The van der Waals surface area contributed by atoms with E-state index in [1.165, 1.54) is 0 Å². The second-order valence-corrected chi connectivity index (χ2v) is 5.25. The van der Waals surface area contributed by atoms with Crippen LogP contribution in [0, 0.1) is 13.8 Å². The second-order valence-electron chi connectivity index (χ2n) is 5.25. The summed E-state index contributed by atoms with van der Waals surface area (Å²) in [4.78, 5) is 16.5. The van der Waals surface area contributed by atoms with Crippen LogP contribution in [-0.2, 0) is 6.54 Å². The largest absolute Gasteiger partial charge is 0.346 e. The summed E-state index contributed by atoms with van der Waals surface area (Å²) in [5.74, 6) is -0.0457. The minimum Gasteiger partial charge on any atom is -0.346 e. The molecule has 2 aromatic heterocycles. The van der Waals surface area contributed by atoms with Crippen LogP contribution >= 0.6 is 0 Å².